The number of hydrogen-bond acceptors (Lipinski definition) is 8. The van der Waals surface area contributed by atoms with E-state index in [-0.39, 0.29) is 17.3 Å². The lowest BCUT2D eigenvalue weighted by molar-refractivity contribution is 0.0600. The molecule has 0 bridgehead atoms. The number of nitrogens with zero attached hydrogens (tertiary/aromatic N) is 3. The van der Waals surface area contributed by atoms with Crippen molar-refractivity contribution < 1.29 is 24.2 Å². The number of carbonyl (C=O) groups excluding carboxylic acids is 2. The molecule has 0 radical (unpaired) electrons. The summed E-state index contributed by atoms with van der Waals surface area (Å²) in [7, 11) is 1.33. The Morgan fingerprint density at radius 2 is 1.86 bits per heavy atom. The van der Waals surface area contributed by atoms with Crippen molar-refractivity contribution in [2.24, 2.45) is 0 Å². The summed E-state index contributed by atoms with van der Waals surface area (Å²) in [6, 6.07) is 15.7. The van der Waals surface area contributed by atoms with Crippen molar-refractivity contribution in [2.75, 3.05) is 38.2 Å². The Balaban J connectivity index is 1.31. The molecular weight excluding hydrogens is 446 g/mol. The zero-order valence-corrected chi connectivity index (χ0v) is 19.3. The van der Waals surface area contributed by atoms with Gasteiger partial charge in [-0.2, -0.15) is 0 Å². The fourth-order valence-corrected chi connectivity index (χ4v) is 4.33. The summed E-state index contributed by atoms with van der Waals surface area (Å²) in [4.78, 5) is 33.5. The number of benzene rings is 2. The molecule has 1 aromatic heterocycles. The maximum absolute atomic E-state index is 13.0. The van der Waals surface area contributed by atoms with Gasteiger partial charge in [0.1, 0.15) is 17.3 Å². The summed E-state index contributed by atoms with van der Waals surface area (Å²) in [6.07, 6.45) is 3.43. The van der Waals surface area contributed by atoms with E-state index in [1.165, 1.54) is 7.11 Å². The van der Waals surface area contributed by atoms with Crippen LogP contribution >= 0.6 is 0 Å². The fourth-order valence-electron chi connectivity index (χ4n) is 4.33. The number of ketones is 1. The van der Waals surface area contributed by atoms with Crippen LogP contribution in [-0.2, 0) is 11.3 Å². The number of ether oxygens (including phenoxy) is 2. The number of anilines is 1. The first-order chi connectivity index (χ1) is 17.0. The Bertz CT molecular complexity index is 1280. The van der Waals surface area contributed by atoms with Crippen LogP contribution in [0.25, 0.3) is 6.08 Å². The molecule has 5 rings (SSSR count). The molecule has 1 fully saturated rings. The van der Waals surface area contributed by atoms with E-state index >= 15 is 0 Å². The average molecular weight is 472 g/mol. The number of Topliss-reactive ketones (excluding diaryl/α,β-unsaturated/α-hetero) is 1. The number of allylic oxidation sites excluding steroid dienone is 1. The first-order valence-electron chi connectivity index (χ1n) is 11.4. The lowest BCUT2D eigenvalue weighted by Crippen LogP contribution is -2.46. The van der Waals surface area contributed by atoms with Crippen molar-refractivity contribution in [3.8, 4) is 11.5 Å². The highest BCUT2D eigenvalue weighted by molar-refractivity contribution is 6.15. The van der Waals surface area contributed by atoms with Crippen molar-refractivity contribution in [1.82, 2.24) is 9.88 Å². The maximum atomic E-state index is 13.0. The second-order valence-corrected chi connectivity index (χ2v) is 8.44. The molecule has 8 nitrogen and oxygen atoms in total. The van der Waals surface area contributed by atoms with Gasteiger partial charge in [-0.15, -0.1) is 0 Å². The van der Waals surface area contributed by atoms with Crippen LogP contribution in [0.2, 0.25) is 0 Å². The van der Waals surface area contributed by atoms with Crippen molar-refractivity contribution in [2.45, 2.75) is 6.54 Å². The second-order valence-electron chi connectivity index (χ2n) is 8.44. The maximum Gasteiger partial charge on any atom is 0.337 e. The number of piperazine rings is 1. The standard InChI is InChI=1S/C27H25N3O5/c1-34-27(33)19-7-5-18(6-8-19)16-23-25(32)20-9-10-22(31)21(26(20)35-23)17-29-12-14-30(15-13-29)24-4-2-3-11-28-24/h2-11,16,31H,12-15,17H2,1H3/b23-16+. The number of fused-ring (bicyclic) bond motifs is 1. The summed E-state index contributed by atoms with van der Waals surface area (Å²) in [5, 5.41) is 10.6. The highest BCUT2D eigenvalue weighted by Gasteiger charge is 2.32. The number of aromatic hydroxyl groups is 1. The summed E-state index contributed by atoms with van der Waals surface area (Å²) in [5.74, 6) is 0.979. The van der Waals surface area contributed by atoms with Gasteiger partial charge in [0.2, 0.25) is 5.78 Å². The fraction of sp³-hybridized carbons (Fsp3) is 0.222. The van der Waals surface area contributed by atoms with Crippen LogP contribution in [0.15, 0.2) is 66.6 Å². The summed E-state index contributed by atoms with van der Waals surface area (Å²) >= 11 is 0. The molecular formula is C27H25N3O5. The van der Waals surface area contributed by atoms with Gasteiger partial charge in [0.05, 0.1) is 23.8 Å². The van der Waals surface area contributed by atoms with Crippen LogP contribution in [-0.4, -0.2) is 60.0 Å². The molecule has 8 heteroatoms. The molecule has 0 aliphatic carbocycles. The van der Waals surface area contributed by atoms with Crippen LogP contribution < -0.4 is 9.64 Å². The molecule has 1 saturated heterocycles. The first kappa shape index (κ1) is 22.6. The van der Waals surface area contributed by atoms with Crippen molar-refractivity contribution in [3.63, 3.8) is 0 Å². The first-order valence-corrected chi connectivity index (χ1v) is 11.4. The molecule has 0 atom stereocenters. The van der Waals surface area contributed by atoms with E-state index in [9.17, 15) is 14.7 Å². The Labute approximate surface area is 203 Å². The SMILES string of the molecule is COC(=O)c1ccc(/C=C2/Oc3c(ccc(O)c3CN3CCN(c4ccccn4)CC3)C2=O)cc1. The van der Waals surface area contributed by atoms with Crippen LogP contribution in [0.1, 0.15) is 31.8 Å². The van der Waals surface area contributed by atoms with E-state index in [1.54, 1.807) is 48.7 Å². The number of carbonyl (C=O) groups is 2. The third-order valence-electron chi connectivity index (χ3n) is 6.27. The number of aromatic nitrogens is 1. The van der Waals surface area contributed by atoms with E-state index in [4.69, 9.17) is 9.47 Å². The highest BCUT2D eigenvalue weighted by Crippen LogP contribution is 2.40. The lowest BCUT2D eigenvalue weighted by atomic mass is 10.0. The minimum absolute atomic E-state index is 0.104. The average Bonchev–Trinajstić information content (AvgIpc) is 3.21. The third-order valence-corrected chi connectivity index (χ3v) is 6.27. The minimum Gasteiger partial charge on any atom is -0.507 e. The van der Waals surface area contributed by atoms with Gasteiger partial charge in [0, 0.05) is 38.9 Å². The Hall–Kier alpha value is -4.17. The molecule has 0 unspecified atom stereocenters. The molecule has 0 spiro atoms. The van der Waals surface area contributed by atoms with Gasteiger partial charge in [0.25, 0.3) is 0 Å². The van der Waals surface area contributed by atoms with Gasteiger partial charge >= 0.3 is 5.97 Å². The zero-order chi connectivity index (χ0) is 24.4. The van der Waals surface area contributed by atoms with Gasteiger partial charge in [-0.1, -0.05) is 18.2 Å². The number of esters is 1. The quantitative estimate of drug-likeness (QED) is 0.447. The van der Waals surface area contributed by atoms with Crippen LogP contribution in [0, 0.1) is 0 Å². The Morgan fingerprint density at radius 1 is 1.09 bits per heavy atom. The van der Waals surface area contributed by atoms with Crippen molar-refractivity contribution in [3.05, 3.63) is 88.8 Å². The summed E-state index contributed by atoms with van der Waals surface area (Å²) < 4.78 is 10.7. The number of phenols is 1. The lowest BCUT2D eigenvalue weighted by Gasteiger charge is -2.35. The number of phenolic OH excluding ortho intramolecular Hbond substituents is 1. The van der Waals surface area contributed by atoms with E-state index < -0.39 is 5.97 Å². The van der Waals surface area contributed by atoms with Gasteiger partial charge in [0.15, 0.2) is 5.76 Å². The minimum atomic E-state index is -0.425. The zero-order valence-electron chi connectivity index (χ0n) is 19.3. The van der Waals surface area contributed by atoms with Crippen LogP contribution in [0.5, 0.6) is 11.5 Å². The molecule has 2 aliphatic rings. The van der Waals surface area contributed by atoms with Crippen molar-refractivity contribution >= 4 is 23.6 Å². The molecule has 178 valence electrons. The number of methoxy groups -OCH3 is 1. The molecule has 3 heterocycles. The Morgan fingerprint density at radius 3 is 2.54 bits per heavy atom. The smallest absolute Gasteiger partial charge is 0.337 e. The Kier molecular flexibility index (Phi) is 6.20. The predicted molar refractivity (Wildman–Crippen MR) is 131 cm³/mol. The van der Waals surface area contributed by atoms with Gasteiger partial charge in [-0.05, 0) is 48.0 Å². The van der Waals surface area contributed by atoms with Gasteiger partial charge in [-0.25, -0.2) is 9.78 Å². The number of hydrogen-bond donors (Lipinski definition) is 1. The molecule has 35 heavy (non-hydrogen) atoms. The third kappa shape index (κ3) is 4.61. The highest BCUT2D eigenvalue weighted by atomic mass is 16.5. The van der Waals surface area contributed by atoms with Gasteiger partial charge in [-0.3, -0.25) is 9.69 Å². The van der Waals surface area contributed by atoms with Crippen LogP contribution in [0.4, 0.5) is 5.82 Å². The molecule has 2 aliphatic heterocycles. The van der Waals surface area contributed by atoms with Gasteiger partial charge < -0.3 is 19.5 Å². The predicted octanol–water partition coefficient (Wildman–Crippen LogP) is 3.51. The number of pyridine rings is 1. The van der Waals surface area contributed by atoms with E-state index in [0.29, 0.717) is 34.5 Å². The molecule has 2 aromatic carbocycles. The van der Waals surface area contributed by atoms with Crippen LogP contribution in [0.3, 0.4) is 0 Å². The normalized spacial score (nSPS) is 16.8. The number of rotatable bonds is 5. The van der Waals surface area contributed by atoms with Crippen molar-refractivity contribution in [1.29, 1.82) is 0 Å². The monoisotopic (exact) mass is 471 g/mol. The van der Waals surface area contributed by atoms with E-state index in [2.05, 4.69) is 14.8 Å². The van der Waals surface area contributed by atoms with E-state index in [1.807, 2.05) is 18.2 Å². The molecule has 3 aromatic rings. The molecule has 0 saturated carbocycles. The molecule has 1 N–H and O–H groups in total. The molecule has 0 amide bonds. The largest absolute Gasteiger partial charge is 0.507 e. The van der Waals surface area contributed by atoms with E-state index in [0.717, 1.165) is 32.0 Å². The summed E-state index contributed by atoms with van der Waals surface area (Å²) in [5.41, 5.74) is 2.17. The topological polar surface area (TPSA) is 92.2 Å². The summed E-state index contributed by atoms with van der Waals surface area (Å²) in [6.45, 7) is 3.70. The second kappa shape index (κ2) is 9.60.